The van der Waals surface area contributed by atoms with Crippen molar-refractivity contribution in [2.45, 2.75) is 74.4 Å². The first-order valence-corrected chi connectivity index (χ1v) is 13.9. The number of aromatic hydroxyl groups is 4. The molecule has 246 valence electrons. The van der Waals surface area contributed by atoms with Gasteiger partial charge in [-0.15, -0.1) is 0 Å². The Bertz CT molecular complexity index is 1400. The number of ether oxygens (including phenoxy) is 6. The first-order valence-electron chi connectivity index (χ1n) is 13.9. The van der Waals surface area contributed by atoms with E-state index < -0.39 is 86.7 Å². The second-order valence-corrected chi connectivity index (χ2v) is 10.8. The number of aliphatic hydroxyl groups is 7. The Morgan fingerprint density at radius 2 is 1.53 bits per heavy atom. The van der Waals surface area contributed by atoms with Crippen LogP contribution in [0.25, 0.3) is 6.08 Å². The predicted molar refractivity (Wildman–Crippen MR) is 148 cm³/mol. The van der Waals surface area contributed by atoms with E-state index in [0.717, 1.165) is 6.92 Å². The lowest BCUT2D eigenvalue weighted by Crippen LogP contribution is -2.65. The highest BCUT2D eigenvalue weighted by Gasteiger charge is 2.53. The highest BCUT2D eigenvalue weighted by Crippen LogP contribution is 2.44. The molecule has 3 aliphatic heterocycles. The number of hydrogen-bond donors (Lipinski definition) is 9. The van der Waals surface area contributed by atoms with Gasteiger partial charge in [0.1, 0.15) is 59.8 Å². The van der Waals surface area contributed by atoms with Crippen LogP contribution in [0.5, 0.6) is 28.7 Å². The number of rotatable bonds is 8. The van der Waals surface area contributed by atoms with E-state index in [4.69, 9.17) is 23.7 Å². The molecule has 45 heavy (non-hydrogen) atoms. The maximum atomic E-state index is 12.2. The zero-order chi connectivity index (χ0) is 32.6. The van der Waals surface area contributed by atoms with Crippen LogP contribution in [0.15, 0.2) is 36.4 Å². The number of phenols is 3. The van der Waals surface area contributed by atoms with Crippen molar-refractivity contribution in [3.63, 3.8) is 0 Å². The molecule has 0 aromatic heterocycles. The van der Waals surface area contributed by atoms with Crippen molar-refractivity contribution in [2.75, 3.05) is 13.2 Å². The molecular formula is C29H35O16+. The predicted octanol–water partition coefficient (Wildman–Crippen LogP) is -1.61. The summed E-state index contributed by atoms with van der Waals surface area (Å²) in [6, 6.07) is 6.80. The Morgan fingerprint density at radius 1 is 0.844 bits per heavy atom. The number of benzene rings is 2. The minimum absolute atomic E-state index is 0.0150. The van der Waals surface area contributed by atoms with E-state index >= 15 is 0 Å². The van der Waals surface area contributed by atoms with Crippen LogP contribution in [-0.4, -0.2) is 131 Å². The first-order chi connectivity index (χ1) is 21.4. The summed E-state index contributed by atoms with van der Waals surface area (Å²) in [6.07, 6.45) is -13.7. The van der Waals surface area contributed by atoms with Crippen LogP contribution in [0.1, 0.15) is 24.2 Å². The molecule has 16 nitrogen and oxygen atoms in total. The van der Waals surface area contributed by atoms with E-state index in [0.29, 0.717) is 11.1 Å². The minimum Gasteiger partial charge on any atom is -0.574 e. The van der Waals surface area contributed by atoms with Gasteiger partial charge >= 0.3 is 5.97 Å². The molecule has 2 aromatic rings. The van der Waals surface area contributed by atoms with Crippen LogP contribution in [0.2, 0.25) is 0 Å². The zero-order valence-electron chi connectivity index (χ0n) is 23.7. The molecule has 11 unspecified atom stereocenters. The SMILES string of the molecule is CC(=O)OC1C(Oc2cc(O)cc3c2C=CC(c2ccc(O)c(O)c2)[OH+]3)OC(CO)C(O)C1OC1OC(CO)C(O)C(O)C1O. The molecule has 5 rings (SSSR count). The molecule has 0 saturated carbocycles. The van der Waals surface area contributed by atoms with E-state index in [1.54, 1.807) is 18.2 Å². The standard InChI is InChI=1S/C29H34O16/c1-11(32)40-27-26(45-28-25(39)24(38)22(36)20(9-30)43-28)23(37)21(10-31)44-29(27)42-19-8-13(33)7-18-14(19)3-5-17(41-18)12-2-4-15(34)16(35)6-12/h2-8,17,20-31,33-39H,9-10H2,1H3/p+1. The van der Waals surface area contributed by atoms with Crippen LogP contribution in [0, 0.1) is 0 Å². The summed E-state index contributed by atoms with van der Waals surface area (Å²) in [5, 5.41) is 91.4. The van der Waals surface area contributed by atoms with Gasteiger partial charge in [0.15, 0.2) is 23.9 Å². The lowest BCUT2D eigenvalue weighted by Gasteiger charge is -2.46. The van der Waals surface area contributed by atoms with Gasteiger partial charge in [-0.25, -0.2) is 0 Å². The van der Waals surface area contributed by atoms with Gasteiger partial charge in [0.05, 0.1) is 24.8 Å². The van der Waals surface area contributed by atoms with Gasteiger partial charge in [-0.1, -0.05) is 0 Å². The summed E-state index contributed by atoms with van der Waals surface area (Å²) in [6.45, 7) is -0.460. The van der Waals surface area contributed by atoms with Gasteiger partial charge in [0, 0.05) is 19.1 Å². The number of aliphatic hydroxyl groups excluding tert-OH is 6. The maximum absolute atomic E-state index is 12.2. The van der Waals surface area contributed by atoms with Crippen molar-refractivity contribution in [3.8, 4) is 28.7 Å². The fourth-order valence-electron chi connectivity index (χ4n) is 5.33. The largest absolute Gasteiger partial charge is 0.574 e. The molecular weight excluding hydrogens is 604 g/mol. The van der Waals surface area contributed by atoms with Gasteiger partial charge in [0.2, 0.25) is 12.4 Å². The average Bonchev–Trinajstić information content (AvgIpc) is 3.00. The molecule has 3 aliphatic rings. The summed E-state index contributed by atoms with van der Waals surface area (Å²) in [7, 11) is 0. The molecule has 0 spiro atoms. The number of carbonyl (C=O) groups excluding carboxylic acids is 1. The second kappa shape index (κ2) is 13.3. The smallest absolute Gasteiger partial charge is 0.303 e. The van der Waals surface area contributed by atoms with Crippen molar-refractivity contribution in [1.82, 2.24) is 0 Å². The van der Waals surface area contributed by atoms with E-state index in [1.165, 1.54) is 24.3 Å². The summed E-state index contributed by atoms with van der Waals surface area (Å²) in [5.41, 5.74) is 0.895. The molecule has 11 atom stereocenters. The number of carbonyl (C=O) groups is 1. The number of phenolic OH excluding ortho intramolecular Hbond substituents is 3. The lowest BCUT2D eigenvalue weighted by atomic mass is 9.96. The highest BCUT2D eigenvalue weighted by atomic mass is 16.7. The Kier molecular flexibility index (Phi) is 9.68. The van der Waals surface area contributed by atoms with E-state index in [2.05, 4.69) is 4.74 Å². The summed E-state index contributed by atoms with van der Waals surface area (Å²) < 4.78 is 32.9. The molecule has 2 saturated heterocycles. The molecule has 0 aliphatic carbocycles. The summed E-state index contributed by atoms with van der Waals surface area (Å²) in [4.78, 5) is 12.2. The average molecular weight is 640 g/mol. The first kappa shape index (κ1) is 32.7. The molecule has 3 heterocycles. The Balaban J connectivity index is 1.44. The van der Waals surface area contributed by atoms with E-state index in [9.17, 15) is 50.8 Å². The molecule has 0 radical (unpaired) electrons. The molecule has 16 heteroatoms. The minimum atomic E-state index is -1.86. The third-order valence-corrected chi connectivity index (χ3v) is 7.65. The van der Waals surface area contributed by atoms with Crippen LogP contribution in [-0.2, 0) is 23.7 Å². The lowest BCUT2D eigenvalue weighted by molar-refractivity contribution is -0.353. The maximum Gasteiger partial charge on any atom is 0.303 e. The van der Waals surface area contributed by atoms with Crippen LogP contribution in [0.3, 0.4) is 0 Å². The number of hydrogen-bond acceptors (Lipinski definition) is 15. The van der Waals surface area contributed by atoms with Gasteiger partial charge in [-0.2, -0.15) is 0 Å². The molecule has 0 amide bonds. The van der Waals surface area contributed by atoms with Crippen molar-refractivity contribution in [1.29, 1.82) is 0 Å². The number of fused-ring (bicyclic) bond motifs is 1. The molecule has 2 aromatic carbocycles. The van der Waals surface area contributed by atoms with Crippen LogP contribution in [0.4, 0.5) is 0 Å². The van der Waals surface area contributed by atoms with E-state index in [1.807, 2.05) is 0 Å². The number of esters is 1. The molecule has 0 bridgehead atoms. The molecule has 2 fully saturated rings. The Morgan fingerprint density at radius 3 is 2.20 bits per heavy atom. The van der Waals surface area contributed by atoms with E-state index in [-0.39, 0.29) is 28.7 Å². The summed E-state index contributed by atoms with van der Waals surface area (Å²) >= 11 is 0. The van der Waals surface area contributed by atoms with Crippen molar-refractivity contribution < 1.29 is 79.2 Å². The third-order valence-electron chi connectivity index (χ3n) is 7.65. The van der Waals surface area contributed by atoms with Crippen molar-refractivity contribution in [3.05, 3.63) is 47.5 Å². The van der Waals surface area contributed by atoms with Crippen LogP contribution < -0.4 is 4.74 Å². The van der Waals surface area contributed by atoms with Gasteiger partial charge in [-0.3, -0.25) is 4.79 Å². The van der Waals surface area contributed by atoms with Gasteiger partial charge in [-0.05, 0) is 24.3 Å². The normalized spacial score (nSPS) is 34.4. The summed E-state index contributed by atoms with van der Waals surface area (Å²) in [5.74, 6) is -1.53. The van der Waals surface area contributed by atoms with Crippen molar-refractivity contribution in [2.24, 2.45) is 0 Å². The Labute approximate surface area is 255 Å². The zero-order valence-corrected chi connectivity index (χ0v) is 23.7. The Hall–Kier alpha value is -3.71. The second-order valence-electron chi connectivity index (χ2n) is 10.8. The monoisotopic (exact) mass is 639 g/mol. The van der Waals surface area contributed by atoms with Crippen LogP contribution >= 0.6 is 0 Å². The highest BCUT2D eigenvalue weighted by molar-refractivity contribution is 5.68. The fourth-order valence-corrected chi connectivity index (χ4v) is 5.33. The van der Waals surface area contributed by atoms with Gasteiger partial charge in [0.25, 0.3) is 5.75 Å². The topological polar surface area (TPSA) is 258 Å². The quantitative estimate of drug-likeness (QED) is 0.0894. The van der Waals surface area contributed by atoms with Gasteiger partial charge < -0.3 is 74.4 Å². The molecule has 10 N–H and O–H groups in total. The third kappa shape index (κ3) is 6.64. The van der Waals surface area contributed by atoms with Crippen molar-refractivity contribution >= 4 is 12.0 Å². The fraction of sp³-hybridized carbons (Fsp3) is 0.483.